The molecule has 0 aliphatic rings. The molecule has 2 atom stereocenters. The molecule has 27 heavy (non-hydrogen) atoms. The number of rotatable bonds is 5. The van der Waals surface area contributed by atoms with Gasteiger partial charge in [0.2, 0.25) is 5.60 Å². The monoisotopic (exact) mass is 400 g/mol. The Morgan fingerprint density at radius 1 is 0.889 bits per heavy atom. The van der Waals surface area contributed by atoms with Crippen LogP contribution in [0.3, 0.4) is 0 Å². The minimum atomic E-state index is -5.01. The number of hydrogen-bond donors (Lipinski definition) is 1. The molecule has 0 aliphatic carbocycles. The van der Waals surface area contributed by atoms with Crippen molar-refractivity contribution >= 4 is 5.97 Å². The predicted molar refractivity (Wildman–Crippen MR) is 85.6 cm³/mol. The Labute approximate surface area is 153 Å². The molecule has 0 heterocycles. The van der Waals surface area contributed by atoms with E-state index in [0.717, 1.165) is 24.3 Å². The lowest BCUT2D eigenvalue weighted by Gasteiger charge is -2.35. The van der Waals surface area contributed by atoms with Crippen molar-refractivity contribution in [2.45, 2.75) is 64.6 Å². The van der Waals surface area contributed by atoms with Gasteiger partial charge in [-0.25, -0.2) is 0 Å². The molecule has 0 spiro atoms. The van der Waals surface area contributed by atoms with Crippen LogP contribution in [0.2, 0.25) is 0 Å². The van der Waals surface area contributed by atoms with E-state index in [4.69, 9.17) is 4.74 Å². The van der Waals surface area contributed by atoms with Gasteiger partial charge in [0.25, 0.3) is 0 Å². The van der Waals surface area contributed by atoms with Crippen LogP contribution < -0.4 is 0 Å². The van der Waals surface area contributed by atoms with Crippen molar-refractivity contribution in [1.82, 2.24) is 0 Å². The second kappa shape index (κ2) is 7.00. The van der Waals surface area contributed by atoms with E-state index >= 15 is 0 Å². The number of esters is 1. The molecule has 1 aromatic carbocycles. The summed E-state index contributed by atoms with van der Waals surface area (Å²) in [6.07, 6.45) is -9.80. The molecule has 1 rings (SSSR count). The number of carbonyl (C=O) groups excluding carboxylic acids is 1. The minimum absolute atomic E-state index is 0.229. The largest absolute Gasteiger partial charge is 0.444 e. The van der Waals surface area contributed by atoms with Gasteiger partial charge in [-0.05, 0) is 39.7 Å². The van der Waals surface area contributed by atoms with E-state index in [1.807, 2.05) is 0 Å². The highest BCUT2D eigenvalue weighted by Gasteiger charge is 2.57. The number of alkyl halides is 6. The van der Waals surface area contributed by atoms with Gasteiger partial charge in [0.15, 0.2) is 5.60 Å². The fraction of sp³-hybridized carbons (Fsp3) is 0.611. The third-order valence-corrected chi connectivity index (χ3v) is 4.82. The van der Waals surface area contributed by atoms with Crippen LogP contribution in [-0.2, 0) is 20.7 Å². The van der Waals surface area contributed by atoms with Crippen molar-refractivity contribution in [2.24, 2.45) is 5.41 Å². The molecule has 3 nitrogen and oxygen atoms in total. The van der Waals surface area contributed by atoms with E-state index in [2.05, 4.69) is 0 Å². The van der Waals surface area contributed by atoms with Gasteiger partial charge >= 0.3 is 18.3 Å². The molecule has 0 bridgehead atoms. The second-order valence-corrected chi connectivity index (χ2v) is 7.31. The van der Waals surface area contributed by atoms with Crippen molar-refractivity contribution in [3.63, 3.8) is 0 Å². The van der Waals surface area contributed by atoms with E-state index in [-0.39, 0.29) is 6.42 Å². The van der Waals surface area contributed by atoms with Crippen LogP contribution in [0.4, 0.5) is 26.3 Å². The van der Waals surface area contributed by atoms with Crippen LogP contribution >= 0.6 is 0 Å². The number of aliphatic hydroxyl groups is 1. The standard InChI is InChI=1S/C18H22F6O3/c1-6-14(2,3)13(25)27-16(5,18(22,23)24)12-9-7-11(8-10-12)15(4,26)17(19,20)21/h7-10,26H,6H2,1-5H3. The molecular formula is C18H22F6O3. The molecule has 1 N–H and O–H groups in total. The van der Waals surface area contributed by atoms with Gasteiger partial charge < -0.3 is 9.84 Å². The van der Waals surface area contributed by atoms with E-state index in [1.54, 1.807) is 6.92 Å². The van der Waals surface area contributed by atoms with Crippen molar-refractivity contribution in [3.8, 4) is 0 Å². The normalized spacial score (nSPS) is 17.8. The van der Waals surface area contributed by atoms with Gasteiger partial charge in [-0.2, -0.15) is 26.3 Å². The summed E-state index contributed by atoms with van der Waals surface area (Å²) in [7, 11) is 0. The summed E-state index contributed by atoms with van der Waals surface area (Å²) in [5, 5.41) is 9.63. The first-order chi connectivity index (χ1) is 11.9. The summed E-state index contributed by atoms with van der Waals surface area (Å²) < 4.78 is 84.4. The highest BCUT2D eigenvalue weighted by atomic mass is 19.4. The lowest BCUT2D eigenvalue weighted by Crippen LogP contribution is -2.46. The summed E-state index contributed by atoms with van der Waals surface area (Å²) in [6.45, 7) is 5.59. The van der Waals surface area contributed by atoms with E-state index in [9.17, 15) is 36.2 Å². The number of carbonyl (C=O) groups is 1. The molecule has 0 aliphatic heterocycles. The van der Waals surface area contributed by atoms with E-state index < -0.39 is 46.1 Å². The minimum Gasteiger partial charge on any atom is -0.444 e. The molecule has 154 valence electrons. The second-order valence-electron chi connectivity index (χ2n) is 7.31. The van der Waals surface area contributed by atoms with Gasteiger partial charge in [-0.1, -0.05) is 31.2 Å². The Kier molecular flexibility index (Phi) is 6.03. The molecule has 1 aromatic rings. The van der Waals surface area contributed by atoms with Gasteiger partial charge in [0.05, 0.1) is 5.41 Å². The van der Waals surface area contributed by atoms with Gasteiger partial charge in [0, 0.05) is 5.56 Å². The molecule has 2 unspecified atom stereocenters. The van der Waals surface area contributed by atoms with Crippen LogP contribution in [0.25, 0.3) is 0 Å². The zero-order valence-corrected chi connectivity index (χ0v) is 15.5. The fourth-order valence-electron chi connectivity index (χ4n) is 2.02. The summed E-state index contributed by atoms with van der Waals surface area (Å²) >= 11 is 0. The van der Waals surface area contributed by atoms with Crippen LogP contribution in [-0.4, -0.2) is 23.4 Å². The Morgan fingerprint density at radius 2 is 1.30 bits per heavy atom. The van der Waals surface area contributed by atoms with Crippen molar-refractivity contribution < 1.29 is 41.0 Å². The Balaban J connectivity index is 3.37. The molecule has 0 aromatic heterocycles. The SMILES string of the molecule is CCC(C)(C)C(=O)OC(C)(c1ccc(C(C)(O)C(F)(F)F)cc1)C(F)(F)F. The maximum Gasteiger partial charge on any atom is 0.432 e. The molecule has 0 amide bonds. The van der Waals surface area contributed by atoms with Crippen LogP contribution in [0, 0.1) is 5.41 Å². The summed E-state index contributed by atoms with van der Waals surface area (Å²) in [5.74, 6) is -1.09. The van der Waals surface area contributed by atoms with E-state index in [0.29, 0.717) is 13.8 Å². The third-order valence-electron chi connectivity index (χ3n) is 4.82. The number of hydrogen-bond acceptors (Lipinski definition) is 3. The third kappa shape index (κ3) is 4.39. The molecular weight excluding hydrogens is 378 g/mol. The zero-order chi connectivity index (χ0) is 21.5. The Bertz CT molecular complexity index is 674. The first kappa shape index (κ1) is 23.3. The van der Waals surface area contributed by atoms with E-state index in [1.165, 1.54) is 13.8 Å². The highest BCUT2D eigenvalue weighted by molar-refractivity contribution is 5.76. The average Bonchev–Trinajstić information content (AvgIpc) is 2.52. The molecule has 9 heteroatoms. The quantitative estimate of drug-likeness (QED) is 0.545. The molecule has 0 fully saturated rings. The van der Waals surface area contributed by atoms with Gasteiger partial charge in [-0.3, -0.25) is 4.79 Å². The van der Waals surface area contributed by atoms with Crippen molar-refractivity contribution in [2.75, 3.05) is 0 Å². The van der Waals surface area contributed by atoms with Crippen molar-refractivity contribution in [1.29, 1.82) is 0 Å². The Hall–Kier alpha value is -1.77. The maximum atomic E-state index is 13.7. The molecule has 0 radical (unpaired) electrons. The number of halogens is 6. The fourth-order valence-corrected chi connectivity index (χ4v) is 2.02. The first-order valence-electron chi connectivity index (χ1n) is 8.10. The lowest BCUT2D eigenvalue weighted by molar-refractivity contribution is -0.273. The molecule has 0 saturated carbocycles. The summed E-state index contributed by atoms with van der Waals surface area (Å²) in [6, 6.07) is 2.97. The van der Waals surface area contributed by atoms with Gasteiger partial charge in [0.1, 0.15) is 0 Å². The van der Waals surface area contributed by atoms with Crippen LogP contribution in [0.1, 0.15) is 52.2 Å². The first-order valence-corrected chi connectivity index (χ1v) is 8.10. The number of benzene rings is 1. The average molecular weight is 400 g/mol. The van der Waals surface area contributed by atoms with Crippen LogP contribution in [0.5, 0.6) is 0 Å². The summed E-state index contributed by atoms with van der Waals surface area (Å²) in [4.78, 5) is 12.2. The maximum absolute atomic E-state index is 13.7. The molecule has 0 saturated heterocycles. The van der Waals surface area contributed by atoms with Crippen molar-refractivity contribution in [3.05, 3.63) is 35.4 Å². The zero-order valence-electron chi connectivity index (χ0n) is 15.5. The highest BCUT2D eigenvalue weighted by Crippen LogP contribution is 2.45. The van der Waals surface area contributed by atoms with Crippen LogP contribution in [0.15, 0.2) is 24.3 Å². The van der Waals surface area contributed by atoms with Gasteiger partial charge in [-0.15, -0.1) is 0 Å². The predicted octanol–water partition coefficient (Wildman–Crippen LogP) is 5.21. The summed E-state index contributed by atoms with van der Waals surface area (Å²) in [5.41, 5.74) is -8.66. The topological polar surface area (TPSA) is 46.5 Å². The number of ether oxygens (including phenoxy) is 1. The smallest absolute Gasteiger partial charge is 0.432 e. The Morgan fingerprint density at radius 3 is 1.63 bits per heavy atom. The lowest BCUT2D eigenvalue weighted by atomic mass is 9.87.